The Morgan fingerprint density at radius 1 is 1.19 bits per heavy atom. The largest absolute Gasteiger partial charge is 0.493 e. The summed E-state index contributed by atoms with van der Waals surface area (Å²) in [5.41, 5.74) is 1.09. The van der Waals surface area contributed by atoms with Gasteiger partial charge in [0.15, 0.2) is 26.5 Å². The van der Waals surface area contributed by atoms with Gasteiger partial charge in [-0.05, 0) is 35.9 Å². The second kappa shape index (κ2) is 8.92. The van der Waals surface area contributed by atoms with Crippen LogP contribution >= 0.6 is 23.4 Å². The lowest BCUT2D eigenvalue weighted by molar-refractivity contribution is -0.117. The zero-order chi connectivity index (χ0) is 23.0. The standard InChI is InChI=1S/C21H20ClFN2O5S2/c1-29-17-6-3-12(7-18(17)30-2)8-20(26)24-21-25(13-4-5-14(22)15(23)9-13)16-10-32(27,28)11-19(16)31-21/h3-7,9,16,19H,8,10-11H2,1-2H3/t16-,19+/m0/s1. The summed E-state index contributed by atoms with van der Waals surface area (Å²) in [7, 11) is -0.194. The normalized spacial score (nSPS) is 22.8. The molecule has 4 rings (SSSR count). The third-order valence-electron chi connectivity index (χ3n) is 5.27. The summed E-state index contributed by atoms with van der Waals surface area (Å²) in [5, 5.41) is 0.0210. The predicted molar refractivity (Wildman–Crippen MR) is 123 cm³/mol. The molecule has 2 aliphatic rings. The summed E-state index contributed by atoms with van der Waals surface area (Å²) < 4.78 is 48.9. The third-order valence-corrected chi connectivity index (χ3v) is 8.79. The van der Waals surface area contributed by atoms with Crippen molar-refractivity contribution in [1.29, 1.82) is 0 Å². The van der Waals surface area contributed by atoms with Crippen LogP contribution in [0.4, 0.5) is 10.1 Å². The fourth-order valence-corrected chi connectivity index (χ4v) is 7.86. The smallest absolute Gasteiger partial charge is 0.252 e. The van der Waals surface area contributed by atoms with Crippen LogP contribution < -0.4 is 14.4 Å². The molecule has 2 aromatic rings. The van der Waals surface area contributed by atoms with Crippen molar-refractivity contribution in [2.24, 2.45) is 4.99 Å². The van der Waals surface area contributed by atoms with E-state index in [1.54, 1.807) is 29.2 Å². The molecular weight excluding hydrogens is 479 g/mol. The van der Waals surface area contributed by atoms with E-state index in [0.29, 0.717) is 27.9 Å². The monoisotopic (exact) mass is 498 g/mol. The highest BCUT2D eigenvalue weighted by molar-refractivity contribution is 8.16. The first kappa shape index (κ1) is 22.9. The van der Waals surface area contributed by atoms with Gasteiger partial charge in [-0.3, -0.25) is 4.79 Å². The number of halogens is 2. The Morgan fingerprint density at radius 2 is 1.94 bits per heavy atom. The van der Waals surface area contributed by atoms with E-state index in [1.165, 1.54) is 38.1 Å². The predicted octanol–water partition coefficient (Wildman–Crippen LogP) is 3.34. The van der Waals surface area contributed by atoms with Gasteiger partial charge in [-0.2, -0.15) is 4.99 Å². The van der Waals surface area contributed by atoms with Gasteiger partial charge in [0.1, 0.15) is 5.82 Å². The molecule has 0 N–H and O–H groups in total. The Balaban J connectivity index is 1.63. The zero-order valence-corrected chi connectivity index (χ0v) is 19.6. The summed E-state index contributed by atoms with van der Waals surface area (Å²) in [6, 6.07) is 8.94. The minimum Gasteiger partial charge on any atom is -0.493 e. The number of aliphatic imine (C=N–C) groups is 1. The first-order chi connectivity index (χ1) is 15.2. The van der Waals surface area contributed by atoms with Crippen LogP contribution in [-0.2, 0) is 21.1 Å². The average molecular weight is 499 g/mol. The molecule has 170 valence electrons. The van der Waals surface area contributed by atoms with Crippen molar-refractivity contribution in [1.82, 2.24) is 0 Å². The molecule has 2 heterocycles. The minimum absolute atomic E-state index is 0.0147. The van der Waals surface area contributed by atoms with Gasteiger partial charge in [0.2, 0.25) is 0 Å². The Hall–Kier alpha value is -2.30. The number of ether oxygens (including phenoxy) is 2. The number of thioether (sulfide) groups is 1. The lowest BCUT2D eigenvalue weighted by atomic mass is 10.1. The second-order valence-electron chi connectivity index (χ2n) is 7.42. The summed E-state index contributed by atoms with van der Waals surface area (Å²) in [4.78, 5) is 18.6. The van der Waals surface area contributed by atoms with E-state index >= 15 is 0 Å². The summed E-state index contributed by atoms with van der Waals surface area (Å²) in [6.07, 6.45) is 0.0147. The average Bonchev–Trinajstić information content (AvgIpc) is 3.20. The van der Waals surface area contributed by atoms with Crippen molar-refractivity contribution in [3.8, 4) is 11.5 Å². The van der Waals surface area contributed by atoms with Crippen LogP contribution in [0.5, 0.6) is 11.5 Å². The van der Waals surface area contributed by atoms with Gasteiger partial charge >= 0.3 is 0 Å². The molecule has 1 amide bonds. The van der Waals surface area contributed by atoms with E-state index in [-0.39, 0.29) is 28.2 Å². The Labute approximate surface area is 194 Å². The number of anilines is 1. The molecular formula is C21H20ClFN2O5S2. The maximum Gasteiger partial charge on any atom is 0.252 e. The van der Waals surface area contributed by atoms with Crippen LogP contribution in [0, 0.1) is 5.82 Å². The second-order valence-corrected chi connectivity index (χ2v) is 11.2. The van der Waals surface area contributed by atoms with Crippen LogP contribution in [-0.4, -0.2) is 56.5 Å². The van der Waals surface area contributed by atoms with Crippen LogP contribution in [0.1, 0.15) is 5.56 Å². The first-order valence-electron chi connectivity index (χ1n) is 9.64. The lowest BCUT2D eigenvalue weighted by Gasteiger charge is -2.24. The van der Waals surface area contributed by atoms with Crippen molar-refractivity contribution in [3.05, 3.63) is 52.8 Å². The molecule has 0 unspecified atom stereocenters. The highest BCUT2D eigenvalue weighted by Crippen LogP contribution is 2.41. The third kappa shape index (κ3) is 4.57. The number of amidine groups is 1. The fourth-order valence-electron chi connectivity index (χ4n) is 3.81. The summed E-state index contributed by atoms with van der Waals surface area (Å²) >= 11 is 7.03. The number of benzene rings is 2. The van der Waals surface area contributed by atoms with Gasteiger partial charge in [0.25, 0.3) is 5.91 Å². The number of carbonyl (C=O) groups excluding carboxylic acids is 1. The SMILES string of the molecule is COc1ccc(CC(=O)N=C2S[C@@H]3CS(=O)(=O)C[C@@H]3N2c2ccc(Cl)c(F)c2)cc1OC. The highest BCUT2D eigenvalue weighted by atomic mass is 35.5. The molecule has 2 aliphatic heterocycles. The molecule has 2 aromatic carbocycles. The highest BCUT2D eigenvalue weighted by Gasteiger charge is 2.49. The van der Waals surface area contributed by atoms with Crippen LogP contribution in [0.15, 0.2) is 41.4 Å². The molecule has 0 radical (unpaired) electrons. The van der Waals surface area contributed by atoms with E-state index in [0.717, 1.165) is 0 Å². The maximum absolute atomic E-state index is 14.1. The number of hydrogen-bond acceptors (Lipinski definition) is 6. The van der Waals surface area contributed by atoms with Crippen LogP contribution in [0.2, 0.25) is 5.02 Å². The van der Waals surface area contributed by atoms with E-state index in [2.05, 4.69) is 4.99 Å². The number of nitrogens with zero attached hydrogens (tertiary/aromatic N) is 2. The Morgan fingerprint density at radius 3 is 2.62 bits per heavy atom. The first-order valence-corrected chi connectivity index (χ1v) is 12.7. The molecule has 0 spiro atoms. The van der Waals surface area contributed by atoms with Gasteiger partial charge < -0.3 is 14.4 Å². The quantitative estimate of drug-likeness (QED) is 0.625. The van der Waals surface area contributed by atoms with Crippen molar-refractivity contribution < 1.29 is 27.1 Å². The van der Waals surface area contributed by atoms with Crippen LogP contribution in [0.3, 0.4) is 0 Å². The number of amides is 1. The van der Waals surface area contributed by atoms with E-state index < -0.39 is 27.6 Å². The van der Waals surface area contributed by atoms with Crippen molar-refractivity contribution >= 4 is 50.0 Å². The fraction of sp³-hybridized carbons (Fsp3) is 0.333. The van der Waals surface area contributed by atoms with Crippen LogP contribution in [0.25, 0.3) is 0 Å². The Kier molecular flexibility index (Phi) is 6.37. The molecule has 32 heavy (non-hydrogen) atoms. The van der Waals surface area contributed by atoms with E-state index in [4.69, 9.17) is 21.1 Å². The number of fused-ring (bicyclic) bond motifs is 1. The minimum atomic E-state index is -3.23. The van der Waals surface area contributed by atoms with E-state index in [9.17, 15) is 17.6 Å². The number of hydrogen-bond donors (Lipinski definition) is 0. The van der Waals surface area contributed by atoms with Gasteiger partial charge in [0.05, 0.1) is 43.2 Å². The molecule has 2 fully saturated rings. The molecule has 11 heteroatoms. The van der Waals surface area contributed by atoms with Gasteiger partial charge in [-0.15, -0.1) is 0 Å². The van der Waals surface area contributed by atoms with Crippen molar-refractivity contribution in [2.75, 3.05) is 30.6 Å². The topological polar surface area (TPSA) is 85.3 Å². The molecule has 2 atom stereocenters. The zero-order valence-electron chi connectivity index (χ0n) is 17.2. The number of rotatable bonds is 5. The molecule has 0 aliphatic carbocycles. The van der Waals surface area contributed by atoms with Crippen molar-refractivity contribution in [3.63, 3.8) is 0 Å². The molecule has 2 saturated heterocycles. The molecule has 0 saturated carbocycles. The molecule has 7 nitrogen and oxygen atoms in total. The van der Waals surface area contributed by atoms with Gasteiger partial charge in [-0.25, -0.2) is 12.8 Å². The summed E-state index contributed by atoms with van der Waals surface area (Å²) in [5.74, 6) is -0.100. The number of sulfone groups is 1. The number of carbonyl (C=O) groups is 1. The molecule has 0 bridgehead atoms. The molecule has 0 aromatic heterocycles. The van der Waals surface area contributed by atoms with Gasteiger partial charge in [-0.1, -0.05) is 29.4 Å². The maximum atomic E-state index is 14.1. The van der Waals surface area contributed by atoms with Crippen molar-refractivity contribution in [2.45, 2.75) is 17.7 Å². The lowest BCUT2D eigenvalue weighted by Crippen LogP contribution is -2.37. The summed E-state index contributed by atoms with van der Waals surface area (Å²) in [6.45, 7) is 0. The van der Waals surface area contributed by atoms with Gasteiger partial charge in [0, 0.05) is 10.9 Å². The number of methoxy groups -OCH3 is 2. The Bertz CT molecular complexity index is 1200. The van der Waals surface area contributed by atoms with E-state index in [1.807, 2.05) is 0 Å².